The number of amides is 2. The van der Waals surface area contributed by atoms with Crippen LogP contribution in [0.3, 0.4) is 0 Å². The molecule has 4 rings (SSSR count). The van der Waals surface area contributed by atoms with Crippen LogP contribution in [0.1, 0.15) is 19.3 Å². The molecule has 0 aromatic heterocycles. The normalized spacial score (nSPS) is 20.2. The molecule has 1 aliphatic heterocycles. The van der Waals surface area contributed by atoms with Gasteiger partial charge in [0.05, 0.1) is 17.0 Å². The van der Waals surface area contributed by atoms with Crippen LogP contribution in [0.25, 0.3) is 0 Å². The highest BCUT2D eigenvalue weighted by atomic mass is 32.2. The van der Waals surface area contributed by atoms with Gasteiger partial charge in [0.1, 0.15) is 17.7 Å². The minimum Gasteiger partial charge on any atom is -0.274 e. The molecular weight excluding hydrogens is 390 g/mol. The van der Waals surface area contributed by atoms with Gasteiger partial charge in [0.15, 0.2) is 0 Å². The molecule has 2 aromatic rings. The molecule has 9 heteroatoms. The number of sulfonamides is 1. The van der Waals surface area contributed by atoms with Gasteiger partial charge in [0, 0.05) is 6.04 Å². The highest BCUT2D eigenvalue weighted by molar-refractivity contribution is 7.89. The molecule has 1 atom stereocenters. The summed E-state index contributed by atoms with van der Waals surface area (Å²) in [6.45, 7) is 0. The SMILES string of the molecule is O=C1CC(N(C2CC2)S(=O)(=O)c2ccc(F)cc2)C(=O)N1c1ccc(F)cc1. The maximum Gasteiger partial charge on any atom is 0.252 e. The lowest BCUT2D eigenvalue weighted by molar-refractivity contribution is -0.122. The molecule has 1 saturated heterocycles. The fourth-order valence-corrected chi connectivity index (χ4v) is 5.18. The summed E-state index contributed by atoms with van der Waals surface area (Å²) in [6.07, 6.45) is 0.858. The van der Waals surface area contributed by atoms with Gasteiger partial charge in [-0.3, -0.25) is 9.59 Å². The zero-order valence-corrected chi connectivity index (χ0v) is 15.4. The summed E-state index contributed by atoms with van der Waals surface area (Å²) in [6, 6.07) is 7.61. The topological polar surface area (TPSA) is 74.8 Å². The third-order valence-corrected chi connectivity index (χ3v) is 6.79. The van der Waals surface area contributed by atoms with Gasteiger partial charge in [-0.25, -0.2) is 22.1 Å². The molecule has 1 unspecified atom stereocenters. The average Bonchev–Trinajstić information content (AvgIpc) is 3.43. The first kappa shape index (κ1) is 18.7. The van der Waals surface area contributed by atoms with Crippen molar-refractivity contribution in [2.75, 3.05) is 4.90 Å². The minimum atomic E-state index is -4.10. The van der Waals surface area contributed by atoms with E-state index in [-0.39, 0.29) is 23.0 Å². The van der Waals surface area contributed by atoms with Gasteiger partial charge >= 0.3 is 0 Å². The van der Waals surface area contributed by atoms with E-state index in [0.717, 1.165) is 45.6 Å². The van der Waals surface area contributed by atoms with Crippen LogP contribution >= 0.6 is 0 Å². The summed E-state index contributed by atoms with van der Waals surface area (Å²) < 4.78 is 53.7. The first-order valence-electron chi connectivity index (χ1n) is 8.70. The van der Waals surface area contributed by atoms with E-state index in [1.165, 1.54) is 12.1 Å². The summed E-state index contributed by atoms with van der Waals surface area (Å²) in [4.78, 5) is 26.2. The molecule has 6 nitrogen and oxygen atoms in total. The van der Waals surface area contributed by atoms with E-state index in [1.807, 2.05) is 0 Å². The molecule has 0 bridgehead atoms. The predicted molar refractivity (Wildman–Crippen MR) is 95.7 cm³/mol. The smallest absolute Gasteiger partial charge is 0.252 e. The Bertz CT molecular complexity index is 1030. The fourth-order valence-electron chi connectivity index (χ4n) is 3.35. The number of benzene rings is 2. The van der Waals surface area contributed by atoms with Crippen LogP contribution in [0.5, 0.6) is 0 Å². The molecule has 1 aliphatic carbocycles. The largest absolute Gasteiger partial charge is 0.274 e. The molecule has 146 valence electrons. The Hall–Kier alpha value is -2.65. The average molecular weight is 406 g/mol. The second-order valence-electron chi connectivity index (χ2n) is 6.78. The Morgan fingerprint density at radius 1 is 0.893 bits per heavy atom. The number of halogens is 2. The number of hydrogen-bond donors (Lipinski definition) is 0. The quantitative estimate of drug-likeness (QED) is 0.715. The summed E-state index contributed by atoms with van der Waals surface area (Å²) in [5.74, 6) is -2.32. The van der Waals surface area contributed by atoms with Crippen molar-refractivity contribution in [2.45, 2.75) is 36.2 Å². The zero-order valence-electron chi connectivity index (χ0n) is 14.6. The molecule has 28 heavy (non-hydrogen) atoms. The standard InChI is InChI=1S/C19H16F2N2O4S/c20-12-1-5-14(6-2-12)22-18(24)11-17(19(22)25)23(15-7-8-15)28(26,27)16-9-3-13(21)4-10-16/h1-6,9-10,15,17H,7-8,11H2. The highest BCUT2D eigenvalue weighted by Crippen LogP contribution is 2.38. The summed E-state index contributed by atoms with van der Waals surface area (Å²) >= 11 is 0. The third kappa shape index (κ3) is 3.20. The van der Waals surface area contributed by atoms with Crippen LogP contribution in [-0.4, -0.2) is 36.6 Å². The predicted octanol–water partition coefficient (Wildman–Crippen LogP) is 2.45. The molecule has 2 fully saturated rings. The maximum atomic E-state index is 13.2. The van der Waals surface area contributed by atoms with Crippen LogP contribution in [0.2, 0.25) is 0 Å². The number of nitrogens with zero attached hydrogens (tertiary/aromatic N) is 2. The molecule has 2 amide bonds. The monoisotopic (exact) mass is 406 g/mol. The first-order valence-corrected chi connectivity index (χ1v) is 10.1. The third-order valence-electron chi connectivity index (χ3n) is 4.81. The van der Waals surface area contributed by atoms with E-state index >= 15 is 0 Å². The van der Waals surface area contributed by atoms with Gasteiger partial charge in [0.2, 0.25) is 15.9 Å². The Kier molecular flexibility index (Phi) is 4.51. The summed E-state index contributed by atoms with van der Waals surface area (Å²) in [7, 11) is -4.10. The van der Waals surface area contributed by atoms with Gasteiger partial charge < -0.3 is 0 Å². The second kappa shape index (κ2) is 6.75. The Morgan fingerprint density at radius 2 is 1.43 bits per heavy atom. The van der Waals surface area contributed by atoms with Crippen molar-refractivity contribution in [2.24, 2.45) is 0 Å². The molecule has 0 radical (unpaired) electrons. The second-order valence-corrected chi connectivity index (χ2v) is 8.63. The van der Waals surface area contributed by atoms with E-state index in [1.54, 1.807) is 0 Å². The highest BCUT2D eigenvalue weighted by Gasteiger charge is 2.51. The van der Waals surface area contributed by atoms with Crippen molar-refractivity contribution in [3.63, 3.8) is 0 Å². The molecule has 1 saturated carbocycles. The van der Waals surface area contributed by atoms with Crippen LogP contribution < -0.4 is 4.90 Å². The number of carbonyl (C=O) groups is 2. The van der Waals surface area contributed by atoms with Crippen LogP contribution in [0.4, 0.5) is 14.5 Å². The van der Waals surface area contributed by atoms with E-state index in [4.69, 9.17) is 0 Å². The maximum absolute atomic E-state index is 13.2. The van der Waals surface area contributed by atoms with E-state index in [2.05, 4.69) is 0 Å². The van der Waals surface area contributed by atoms with Gasteiger partial charge in [-0.15, -0.1) is 0 Å². The number of rotatable bonds is 5. The van der Waals surface area contributed by atoms with E-state index in [9.17, 15) is 26.8 Å². The molecule has 2 aliphatic rings. The van der Waals surface area contributed by atoms with Gasteiger partial charge in [-0.2, -0.15) is 4.31 Å². The van der Waals surface area contributed by atoms with Crippen molar-refractivity contribution < 1.29 is 26.8 Å². The lowest BCUT2D eigenvalue weighted by Gasteiger charge is -2.26. The van der Waals surface area contributed by atoms with Crippen molar-refractivity contribution in [3.8, 4) is 0 Å². The molecule has 2 aromatic carbocycles. The van der Waals surface area contributed by atoms with Gasteiger partial charge in [-0.1, -0.05) is 0 Å². The molecule has 0 spiro atoms. The summed E-state index contributed by atoms with van der Waals surface area (Å²) in [5.41, 5.74) is 0.189. The minimum absolute atomic E-state index is 0.138. The van der Waals surface area contributed by atoms with Crippen molar-refractivity contribution in [1.82, 2.24) is 4.31 Å². The number of imide groups is 1. The fraction of sp³-hybridized carbons (Fsp3) is 0.263. The van der Waals surface area contributed by atoms with Crippen molar-refractivity contribution in [3.05, 3.63) is 60.2 Å². The van der Waals surface area contributed by atoms with Crippen LogP contribution in [-0.2, 0) is 19.6 Å². The molecule has 1 heterocycles. The first-order chi connectivity index (χ1) is 13.3. The van der Waals surface area contributed by atoms with E-state index < -0.39 is 39.5 Å². The summed E-state index contributed by atoms with van der Waals surface area (Å²) in [5, 5.41) is 0. The lowest BCUT2D eigenvalue weighted by Crippen LogP contribution is -2.46. The van der Waals surface area contributed by atoms with Gasteiger partial charge in [0.25, 0.3) is 5.91 Å². The molecular formula is C19H16F2N2O4S. The van der Waals surface area contributed by atoms with Crippen LogP contribution in [0.15, 0.2) is 53.4 Å². The number of anilines is 1. The Labute approximate surface area is 160 Å². The lowest BCUT2D eigenvalue weighted by atomic mass is 10.2. The Morgan fingerprint density at radius 3 is 1.96 bits per heavy atom. The molecule has 0 N–H and O–H groups in total. The zero-order chi connectivity index (χ0) is 20.1. The van der Waals surface area contributed by atoms with Gasteiger partial charge in [-0.05, 0) is 61.4 Å². The van der Waals surface area contributed by atoms with Crippen molar-refractivity contribution >= 4 is 27.5 Å². The van der Waals surface area contributed by atoms with E-state index in [0.29, 0.717) is 12.8 Å². The van der Waals surface area contributed by atoms with Crippen molar-refractivity contribution in [1.29, 1.82) is 0 Å². The van der Waals surface area contributed by atoms with Crippen LogP contribution in [0, 0.1) is 11.6 Å². The number of carbonyl (C=O) groups excluding carboxylic acids is 2. The number of hydrogen-bond acceptors (Lipinski definition) is 4. The Balaban J connectivity index is 1.69.